The molecule has 0 aliphatic rings. The molecule has 0 N–H and O–H groups in total. The van der Waals surface area contributed by atoms with Gasteiger partial charge < -0.3 is 4.42 Å². The zero-order chi connectivity index (χ0) is 37.7. The number of benzene rings is 9. The third-order valence-corrected chi connectivity index (χ3v) is 11.1. The highest BCUT2D eigenvalue weighted by Gasteiger charge is 2.16. The average molecular weight is 727 g/mol. The van der Waals surface area contributed by atoms with E-state index in [1.54, 1.807) is 0 Å². The van der Waals surface area contributed by atoms with E-state index in [0.717, 1.165) is 72.3 Å². The molecule has 57 heavy (non-hydrogen) atoms. The van der Waals surface area contributed by atoms with Crippen LogP contribution >= 0.6 is 0 Å². The van der Waals surface area contributed by atoms with Crippen molar-refractivity contribution in [2.75, 3.05) is 0 Å². The molecule has 0 unspecified atom stereocenters. The Hall–Kier alpha value is -7.62. The zero-order valence-corrected chi connectivity index (χ0v) is 30.9. The topological polar surface area (TPSA) is 38.9 Å². The molecule has 0 aliphatic carbocycles. The van der Waals surface area contributed by atoms with Crippen molar-refractivity contribution >= 4 is 43.5 Å². The standard InChI is InChI=1S/C54H34N2O/c1-2-13-39(14-3-1)54-55-50(38-24-21-36(22-25-38)41-26-23-35-11-4-5-15-40(35)29-41)34-51(56-54)45-31-43(30-44(32-45)47-19-10-16-37-12-6-7-17-46(37)47)42-27-28-53-49(33-42)48-18-8-9-20-52(48)57-53/h1-34H. The average Bonchev–Trinajstić information content (AvgIpc) is 3.67. The molecule has 2 heterocycles. The molecule has 0 saturated carbocycles. The Morgan fingerprint density at radius 3 is 1.74 bits per heavy atom. The first-order valence-electron chi connectivity index (χ1n) is 19.3. The van der Waals surface area contributed by atoms with Gasteiger partial charge in [0.05, 0.1) is 11.4 Å². The molecule has 0 atom stereocenters. The van der Waals surface area contributed by atoms with Crippen LogP contribution < -0.4 is 0 Å². The molecule has 0 saturated heterocycles. The predicted molar refractivity (Wildman–Crippen MR) is 237 cm³/mol. The SMILES string of the molecule is c1ccc(-c2nc(-c3ccc(-c4ccc5ccccc5c4)cc3)cc(-c3cc(-c4ccc5oc6ccccc6c5c4)cc(-c4cccc5ccccc45)c3)n2)cc1. The van der Waals surface area contributed by atoms with Crippen molar-refractivity contribution in [3.8, 4) is 67.3 Å². The summed E-state index contributed by atoms with van der Waals surface area (Å²) in [5.74, 6) is 0.685. The van der Waals surface area contributed by atoms with E-state index in [0.29, 0.717) is 5.82 Å². The van der Waals surface area contributed by atoms with E-state index < -0.39 is 0 Å². The van der Waals surface area contributed by atoms with Crippen molar-refractivity contribution in [1.29, 1.82) is 0 Å². The molecule has 0 radical (unpaired) electrons. The second kappa shape index (κ2) is 13.6. The highest BCUT2D eigenvalue weighted by atomic mass is 16.3. The summed E-state index contributed by atoms with van der Waals surface area (Å²) in [4.78, 5) is 10.5. The van der Waals surface area contributed by atoms with Gasteiger partial charge in [-0.15, -0.1) is 0 Å². The molecule has 0 bridgehead atoms. The molecule has 11 rings (SSSR count). The minimum Gasteiger partial charge on any atom is -0.456 e. The summed E-state index contributed by atoms with van der Waals surface area (Å²) >= 11 is 0. The first kappa shape index (κ1) is 32.8. The van der Waals surface area contributed by atoms with Gasteiger partial charge in [0.15, 0.2) is 5.82 Å². The van der Waals surface area contributed by atoms with E-state index in [1.165, 1.54) is 32.7 Å². The molecule has 0 amide bonds. The molecule has 0 aliphatic heterocycles. The summed E-state index contributed by atoms with van der Waals surface area (Å²) in [6.07, 6.45) is 0. The van der Waals surface area contributed by atoms with Gasteiger partial charge in [-0.3, -0.25) is 0 Å². The lowest BCUT2D eigenvalue weighted by molar-refractivity contribution is 0.669. The number of hydrogen-bond acceptors (Lipinski definition) is 3. The normalized spacial score (nSPS) is 11.5. The Morgan fingerprint density at radius 2 is 0.877 bits per heavy atom. The van der Waals surface area contributed by atoms with Crippen LogP contribution in [0.5, 0.6) is 0 Å². The molecule has 2 aromatic heterocycles. The highest BCUT2D eigenvalue weighted by Crippen LogP contribution is 2.39. The maximum atomic E-state index is 6.22. The van der Waals surface area contributed by atoms with Crippen LogP contribution in [0.25, 0.3) is 111 Å². The van der Waals surface area contributed by atoms with Crippen molar-refractivity contribution in [3.63, 3.8) is 0 Å². The van der Waals surface area contributed by atoms with Gasteiger partial charge in [-0.2, -0.15) is 0 Å². The third-order valence-electron chi connectivity index (χ3n) is 11.1. The number of nitrogens with zero attached hydrogens (tertiary/aromatic N) is 2. The Morgan fingerprint density at radius 1 is 0.281 bits per heavy atom. The molecule has 3 nitrogen and oxygen atoms in total. The molecule has 9 aromatic carbocycles. The van der Waals surface area contributed by atoms with Crippen LogP contribution in [0.1, 0.15) is 0 Å². The van der Waals surface area contributed by atoms with Crippen LogP contribution in [0.2, 0.25) is 0 Å². The summed E-state index contributed by atoms with van der Waals surface area (Å²) in [6, 6.07) is 73.0. The maximum Gasteiger partial charge on any atom is 0.160 e. The van der Waals surface area contributed by atoms with Gasteiger partial charge in [-0.1, -0.05) is 158 Å². The van der Waals surface area contributed by atoms with Crippen molar-refractivity contribution in [2.45, 2.75) is 0 Å². The summed E-state index contributed by atoms with van der Waals surface area (Å²) in [5, 5.41) is 7.09. The number of fused-ring (bicyclic) bond motifs is 5. The molecule has 0 spiro atoms. The van der Waals surface area contributed by atoms with Gasteiger partial charge in [-0.25, -0.2) is 9.97 Å². The lowest BCUT2D eigenvalue weighted by Gasteiger charge is -2.14. The first-order chi connectivity index (χ1) is 28.2. The summed E-state index contributed by atoms with van der Waals surface area (Å²) in [7, 11) is 0. The van der Waals surface area contributed by atoms with Crippen LogP contribution in [-0.2, 0) is 0 Å². The van der Waals surface area contributed by atoms with E-state index >= 15 is 0 Å². The van der Waals surface area contributed by atoms with Gasteiger partial charge >= 0.3 is 0 Å². The molecule has 0 fully saturated rings. The number of hydrogen-bond donors (Lipinski definition) is 0. The van der Waals surface area contributed by atoms with Crippen LogP contribution in [-0.4, -0.2) is 9.97 Å². The van der Waals surface area contributed by atoms with Gasteiger partial charge in [0, 0.05) is 27.5 Å². The number of para-hydroxylation sites is 1. The minimum atomic E-state index is 0.685. The Balaban J connectivity index is 1.09. The second-order valence-corrected chi connectivity index (χ2v) is 14.6. The zero-order valence-electron chi connectivity index (χ0n) is 30.9. The fourth-order valence-corrected chi connectivity index (χ4v) is 8.14. The van der Waals surface area contributed by atoms with Crippen molar-refractivity contribution in [3.05, 3.63) is 206 Å². The van der Waals surface area contributed by atoms with E-state index in [1.807, 2.05) is 30.3 Å². The van der Waals surface area contributed by atoms with E-state index in [2.05, 4.69) is 176 Å². The van der Waals surface area contributed by atoms with Gasteiger partial charge in [0.2, 0.25) is 0 Å². The van der Waals surface area contributed by atoms with Crippen LogP contribution in [0, 0.1) is 0 Å². The fourth-order valence-electron chi connectivity index (χ4n) is 8.14. The second-order valence-electron chi connectivity index (χ2n) is 14.6. The number of aromatic nitrogens is 2. The Kier molecular flexibility index (Phi) is 7.82. The van der Waals surface area contributed by atoms with E-state index in [4.69, 9.17) is 14.4 Å². The van der Waals surface area contributed by atoms with Crippen molar-refractivity contribution in [1.82, 2.24) is 9.97 Å². The maximum absolute atomic E-state index is 6.22. The highest BCUT2D eigenvalue weighted by molar-refractivity contribution is 6.06. The van der Waals surface area contributed by atoms with E-state index in [-0.39, 0.29) is 0 Å². The van der Waals surface area contributed by atoms with Gasteiger partial charge in [0.25, 0.3) is 0 Å². The summed E-state index contributed by atoms with van der Waals surface area (Å²) in [6.45, 7) is 0. The number of rotatable bonds is 6. The molecule has 11 aromatic rings. The largest absolute Gasteiger partial charge is 0.456 e. The van der Waals surface area contributed by atoms with Gasteiger partial charge in [0.1, 0.15) is 11.2 Å². The Labute approximate surface area is 330 Å². The third kappa shape index (κ3) is 6.03. The lowest BCUT2D eigenvalue weighted by atomic mass is 9.91. The smallest absolute Gasteiger partial charge is 0.160 e. The minimum absolute atomic E-state index is 0.685. The lowest BCUT2D eigenvalue weighted by Crippen LogP contribution is -1.96. The molecule has 266 valence electrons. The molecule has 3 heteroatoms. The molecular formula is C54H34N2O. The van der Waals surface area contributed by atoms with Crippen molar-refractivity contribution in [2.24, 2.45) is 0 Å². The first-order valence-corrected chi connectivity index (χ1v) is 19.3. The monoisotopic (exact) mass is 726 g/mol. The molecular weight excluding hydrogens is 693 g/mol. The van der Waals surface area contributed by atoms with Crippen LogP contribution in [0.4, 0.5) is 0 Å². The quantitative estimate of drug-likeness (QED) is 0.171. The summed E-state index contributed by atoms with van der Waals surface area (Å²) < 4.78 is 6.22. The number of furan rings is 1. The fraction of sp³-hybridized carbons (Fsp3) is 0. The van der Waals surface area contributed by atoms with Crippen molar-refractivity contribution < 1.29 is 4.42 Å². The van der Waals surface area contributed by atoms with Crippen LogP contribution in [0.15, 0.2) is 211 Å². The predicted octanol–water partition coefficient (Wildman–Crippen LogP) is 14.7. The van der Waals surface area contributed by atoms with Crippen LogP contribution in [0.3, 0.4) is 0 Å². The van der Waals surface area contributed by atoms with E-state index in [9.17, 15) is 0 Å². The summed E-state index contributed by atoms with van der Waals surface area (Å²) in [5.41, 5.74) is 13.4. The van der Waals surface area contributed by atoms with Gasteiger partial charge in [-0.05, 0) is 103 Å². The Bertz CT molecular complexity index is 3280.